The molecular formula is C19H22O. The quantitative estimate of drug-likeness (QED) is 0.726. The maximum Gasteiger partial charge on any atom is 0.137 e. The molecule has 20 heavy (non-hydrogen) atoms. The smallest absolute Gasteiger partial charge is 0.137 e. The van der Waals surface area contributed by atoms with E-state index in [9.17, 15) is 4.79 Å². The lowest BCUT2D eigenvalue weighted by Gasteiger charge is -2.08. The van der Waals surface area contributed by atoms with Crippen LogP contribution in [0.15, 0.2) is 54.6 Å². The fourth-order valence-electron chi connectivity index (χ4n) is 2.28. The number of benzene rings is 2. The van der Waals surface area contributed by atoms with Gasteiger partial charge in [-0.25, -0.2) is 0 Å². The van der Waals surface area contributed by atoms with Crippen LogP contribution in [0.2, 0.25) is 0 Å². The van der Waals surface area contributed by atoms with Crippen molar-refractivity contribution in [2.24, 2.45) is 5.92 Å². The molecule has 0 aromatic heterocycles. The lowest BCUT2D eigenvalue weighted by atomic mass is 9.97. The lowest BCUT2D eigenvalue weighted by molar-refractivity contribution is -0.119. The molecule has 0 heterocycles. The number of hydrogen-bond donors (Lipinski definition) is 0. The van der Waals surface area contributed by atoms with Crippen LogP contribution in [0.5, 0.6) is 0 Å². The zero-order valence-electron chi connectivity index (χ0n) is 12.3. The van der Waals surface area contributed by atoms with Crippen LogP contribution >= 0.6 is 0 Å². The van der Waals surface area contributed by atoms with Crippen LogP contribution in [0.4, 0.5) is 0 Å². The van der Waals surface area contributed by atoms with E-state index in [1.54, 1.807) is 0 Å². The zero-order chi connectivity index (χ0) is 14.4. The van der Waals surface area contributed by atoms with Crippen LogP contribution in [0, 0.1) is 5.92 Å². The molecule has 0 fully saturated rings. The molecule has 1 nitrogen and oxygen atoms in total. The molecule has 0 aliphatic carbocycles. The van der Waals surface area contributed by atoms with E-state index in [0.29, 0.717) is 24.5 Å². The molecule has 0 saturated heterocycles. The summed E-state index contributed by atoms with van der Waals surface area (Å²) in [5, 5.41) is 0. The molecule has 0 saturated carbocycles. The van der Waals surface area contributed by atoms with Crippen LogP contribution in [0.25, 0.3) is 11.1 Å². The molecule has 0 unspecified atom stereocenters. The van der Waals surface area contributed by atoms with E-state index in [4.69, 9.17) is 0 Å². The Hall–Kier alpha value is -1.89. The molecule has 0 aliphatic rings. The monoisotopic (exact) mass is 266 g/mol. The SMILES string of the molecule is CC[C@H](C)CC(=O)Cc1ccc(-c2ccccc2)cc1. The van der Waals surface area contributed by atoms with E-state index in [2.05, 4.69) is 50.2 Å². The van der Waals surface area contributed by atoms with Crippen LogP contribution < -0.4 is 0 Å². The molecular weight excluding hydrogens is 244 g/mol. The maximum absolute atomic E-state index is 11.9. The van der Waals surface area contributed by atoms with Gasteiger partial charge in [-0.05, 0) is 22.6 Å². The minimum atomic E-state index is 0.340. The van der Waals surface area contributed by atoms with Crippen molar-refractivity contribution >= 4 is 5.78 Å². The van der Waals surface area contributed by atoms with Gasteiger partial charge in [0.05, 0.1) is 0 Å². The Morgan fingerprint density at radius 3 is 2.15 bits per heavy atom. The Balaban J connectivity index is 2.00. The molecule has 2 aromatic carbocycles. The van der Waals surface area contributed by atoms with Gasteiger partial charge >= 0.3 is 0 Å². The first-order valence-corrected chi connectivity index (χ1v) is 7.35. The van der Waals surface area contributed by atoms with E-state index in [0.717, 1.165) is 12.0 Å². The predicted octanol–water partition coefficient (Wildman–Crippen LogP) is 4.90. The average Bonchev–Trinajstić information content (AvgIpc) is 2.48. The lowest BCUT2D eigenvalue weighted by Crippen LogP contribution is -2.07. The Labute approximate surface area is 121 Å². The van der Waals surface area contributed by atoms with Gasteiger partial charge in [0.2, 0.25) is 0 Å². The Kier molecular flexibility index (Phi) is 5.11. The molecule has 0 spiro atoms. The van der Waals surface area contributed by atoms with Gasteiger partial charge in [-0.15, -0.1) is 0 Å². The van der Waals surface area contributed by atoms with Crippen molar-refractivity contribution in [1.82, 2.24) is 0 Å². The number of carbonyl (C=O) groups is 1. The Morgan fingerprint density at radius 1 is 0.950 bits per heavy atom. The van der Waals surface area contributed by atoms with Gasteiger partial charge in [-0.1, -0.05) is 74.9 Å². The highest BCUT2D eigenvalue weighted by atomic mass is 16.1. The van der Waals surface area contributed by atoms with Crippen molar-refractivity contribution in [2.75, 3.05) is 0 Å². The third-order valence-electron chi connectivity index (χ3n) is 3.74. The zero-order valence-corrected chi connectivity index (χ0v) is 12.3. The summed E-state index contributed by atoms with van der Waals surface area (Å²) in [6.07, 6.45) is 2.31. The second-order valence-electron chi connectivity index (χ2n) is 5.50. The molecule has 1 heteroatoms. The van der Waals surface area contributed by atoms with Gasteiger partial charge in [0.25, 0.3) is 0 Å². The van der Waals surface area contributed by atoms with Crippen LogP contribution in [0.3, 0.4) is 0 Å². The van der Waals surface area contributed by atoms with Gasteiger partial charge in [0.1, 0.15) is 5.78 Å². The van der Waals surface area contributed by atoms with Gasteiger partial charge in [0.15, 0.2) is 0 Å². The first kappa shape index (κ1) is 14.5. The molecule has 0 aliphatic heterocycles. The van der Waals surface area contributed by atoms with E-state index >= 15 is 0 Å². The molecule has 1 atom stereocenters. The minimum Gasteiger partial charge on any atom is -0.299 e. The number of ketones is 1. The number of rotatable bonds is 6. The number of carbonyl (C=O) groups excluding carboxylic acids is 1. The first-order chi connectivity index (χ1) is 9.69. The fraction of sp³-hybridized carbons (Fsp3) is 0.316. The highest BCUT2D eigenvalue weighted by Crippen LogP contribution is 2.20. The van der Waals surface area contributed by atoms with Gasteiger partial charge in [-0.3, -0.25) is 4.79 Å². The summed E-state index contributed by atoms with van der Waals surface area (Å²) in [6, 6.07) is 18.6. The second kappa shape index (κ2) is 7.04. The molecule has 2 aromatic rings. The van der Waals surface area contributed by atoms with Crippen molar-refractivity contribution in [3.05, 3.63) is 60.2 Å². The van der Waals surface area contributed by atoms with Gasteiger partial charge in [0, 0.05) is 12.8 Å². The summed E-state index contributed by atoms with van der Waals surface area (Å²) in [7, 11) is 0. The summed E-state index contributed by atoms with van der Waals surface area (Å²) in [6.45, 7) is 4.27. The van der Waals surface area contributed by atoms with Gasteiger partial charge in [-0.2, -0.15) is 0 Å². The molecule has 2 rings (SSSR count). The van der Waals surface area contributed by atoms with E-state index in [1.807, 2.05) is 18.2 Å². The second-order valence-corrected chi connectivity index (χ2v) is 5.50. The van der Waals surface area contributed by atoms with E-state index in [-0.39, 0.29) is 0 Å². The fourth-order valence-corrected chi connectivity index (χ4v) is 2.28. The molecule has 0 amide bonds. The standard InChI is InChI=1S/C19H22O/c1-3-15(2)13-19(20)14-16-9-11-18(12-10-16)17-7-5-4-6-8-17/h4-12,15H,3,13-14H2,1-2H3/t15-/m0/s1. The summed E-state index contributed by atoms with van der Waals surface area (Å²) < 4.78 is 0. The Morgan fingerprint density at radius 2 is 1.55 bits per heavy atom. The minimum absolute atomic E-state index is 0.340. The van der Waals surface area contributed by atoms with Gasteiger partial charge < -0.3 is 0 Å². The largest absolute Gasteiger partial charge is 0.299 e. The third-order valence-corrected chi connectivity index (χ3v) is 3.74. The summed E-state index contributed by atoms with van der Waals surface area (Å²) >= 11 is 0. The van der Waals surface area contributed by atoms with E-state index in [1.165, 1.54) is 11.1 Å². The molecule has 0 radical (unpaired) electrons. The van der Waals surface area contributed by atoms with Crippen molar-refractivity contribution in [3.8, 4) is 11.1 Å². The normalized spacial score (nSPS) is 12.1. The molecule has 0 N–H and O–H groups in total. The summed E-state index contributed by atoms with van der Waals surface area (Å²) in [5.41, 5.74) is 3.52. The highest BCUT2D eigenvalue weighted by Gasteiger charge is 2.08. The topological polar surface area (TPSA) is 17.1 Å². The summed E-state index contributed by atoms with van der Waals surface area (Å²) in [5.74, 6) is 0.831. The molecule has 0 bridgehead atoms. The first-order valence-electron chi connectivity index (χ1n) is 7.35. The number of hydrogen-bond acceptors (Lipinski definition) is 1. The average molecular weight is 266 g/mol. The maximum atomic E-state index is 11.9. The van der Waals surface area contributed by atoms with Crippen molar-refractivity contribution in [2.45, 2.75) is 33.1 Å². The third kappa shape index (κ3) is 4.06. The summed E-state index contributed by atoms with van der Waals surface area (Å²) in [4.78, 5) is 11.9. The van der Waals surface area contributed by atoms with Crippen LogP contribution in [-0.4, -0.2) is 5.78 Å². The van der Waals surface area contributed by atoms with Crippen molar-refractivity contribution in [1.29, 1.82) is 0 Å². The van der Waals surface area contributed by atoms with Crippen LogP contribution in [-0.2, 0) is 11.2 Å². The Bertz CT molecular complexity index is 540. The number of Topliss-reactive ketones (excluding diaryl/α,β-unsaturated/α-hetero) is 1. The van der Waals surface area contributed by atoms with Crippen molar-refractivity contribution in [3.63, 3.8) is 0 Å². The van der Waals surface area contributed by atoms with Crippen molar-refractivity contribution < 1.29 is 4.79 Å². The van der Waals surface area contributed by atoms with E-state index < -0.39 is 0 Å². The molecule has 104 valence electrons. The predicted molar refractivity (Wildman–Crippen MR) is 84.7 cm³/mol. The van der Waals surface area contributed by atoms with Crippen LogP contribution in [0.1, 0.15) is 32.3 Å². The highest BCUT2D eigenvalue weighted by molar-refractivity contribution is 5.81.